The molecule has 0 saturated carbocycles. The molecule has 148 valence electrons. The smallest absolute Gasteiger partial charge is 0.0360 e. The predicted molar refractivity (Wildman–Crippen MR) is 114 cm³/mol. The standard InChI is InChI=1S/C21H44N4/c1-5-9-18-24(19-10-6-2)22-16-14-13-15-17-23-25(20-11-7-3)21-12-8-4/h16-17H,5-15,18-21H2,1-4H3. The van der Waals surface area contributed by atoms with E-state index in [1.165, 1.54) is 51.4 Å². The van der Waals surface area contributed by atoms with Gasteiger partial charge in [-0.1, -0.05) is 53.4 Å². The zero-order valence-electron chi connectivity index (χ0n) is 17.6. The third kappa shape index (κ3) is 16.2. The molecule has 0 heterocycles. The van der Waals surface area contributed by atoms with Gasteiger partial charge in [0.15, 0.2) is 0 Å². The van der Waals surface area contributed by atoms with Crippen LogP contribution < -0.4 is 0 Å². The Morgan fingerprint density at radius 1 is 0.520 bits per heavy atom. The minimum atomic E-state index is 1.05. The van der Waals surface area contributed by atoms with Crippen molar-refractivity contribution in [1.82, 2.24) is 10.0 Å². The topological polar surface area (TPSA) is 31.2 Å². The van der Waals surface area contributed by atoms with Crippen LogP contribution in [-0.4, -0.2) is 48.6 Å². The van der Waals surface area contributed by atoms with Crippen molar-refractivity contribution in [3.63, 3.8) is 0 Å². The van der Waals surface area contributed by atoms with Gasteiger partial charge in [-0.05, 0) is 44.9 Å². The molecule has 4 heteroatoms. The lowest BCUT2D eigenvalue weighted by Gasteiger charge is -2.18. The monoisotopic (exact) mass is 352 g/mol. The number of hydrogen-bond donors (Lipinski definition) is 0. The third-order valence-corrected chi connectivity index (χ3v) is 4.24. The summed E-state index contributed by atoms with van der Waals surface area (Å²) in [6.07, 6.45) is 17.3. The van der Waals surface area contributed by atoms with Crippen molar-refractivity contribution in [2.24, 2.45) is 10.2 Å². The van der Waals surface area contributed by atoms with Gasteiger partial charge in [0.1, 0.15) is 0 Å². The predicted octanol–water partition coefficient (Wildman–Crippen LogP) is 5.93. The lowest BCUT2D eigenvalue weighted by molar-refractivity contribution is 0.279. The summed E-state index contributed by atoms with van der Waals surface area (Å²) in [7, 11) is 0. The van der Waals surface area contributed by atoms with E-state index in [0.29, 0.717) is 0 Å². The van der Waals surface area contributed by atoms with Crippen molar-refractivity contribution in [1.29, 1.82) is 0 Å². The largest absolute Gasteiger partial charge is 0.297 e. The van der Waals surface area contributed by atoms with Gasteiger partial charge in [-0.15, -0.1) is 0 Å². The Labute approximate surface area is 157 Å². The molecule has 0 radical (unpaired) electrons. The SMILES string of the molecule is CCCCN(CCCC)N=CCCCC=NN(CCCC)CCCC. The third-order valence-electron chi connectivity index (χ3n) is 4.24. The maximum atomic E-state index is 4.67. The molecule has 0 aromatic carbocycles. The quantitative estimate of drug-likeness (QED) is 0.174. The second-order valence-corrected chi connectivity index (χ2v) is 6.85. The fraction of sp³-hybridized carbons (Fsp3) is 0.905. The van der Waals surface area contributed by atoms with E-state index in [1.54, 1.807) is 0 Å². The molecular weight excluding hydrogens is 308 g/mol. The minimum Gasteiger partial charge on any atom is -0.297 e. The summed E-state index contributed by atoms with van der Waals surface area (Å²) >= 11 is 0. The maximum Gasteiger partial charge on any atom is 0.0360 e. The summed E-state index contributed by atoms with van der Waals surface area (Å²) in [5.74, 6) is 0. The molecule has 0 N–H and O–H groups in total. The van der Waals surface area contributed by atoms with Crippen LogP contribution in [-0.2, 0) is 0 Å². The van der Waals surface area contributed by atoms with E-state index in [9.17, 15) is 0 Å². The van der Waals surface area contributed by atoms with Crippen molar-refractivity contribution in [3.05, 3.63) is 0 Å². The molecule has 0 atom stereocenters. The summed E-state index contributed by atoms with van der Waals surface area (Å²) in [5, 5.41) is 13.8. The summed E-state index contributed by atoms with van der Waals surface area (Å²) in [6.45, 7) is 13.3. The molecule has 0 amide bonds. The number of nitrogens with zero attached hydrogens (tertiary/aromatic N) is 4. The average Bonchev–Trinajstić information content (AvgIpc) is 2.63. The Morgan fingerprint density at radius 2 is 0.840 bits per heavy atom. The van der Waals surface area contributed by atoms with Gasteiger partial charge >= 0.3 is 0 Å². The molecule has 0 aliphatic heterocycles. The van der Waals surface area contributed by atoms with Gasteiger partial charge in [0.2, 0.25) is 0 Å². The zero-order chi connectivity index (χ0) is 18.6. The van der Waals surface area contributed by atoms with Gasteiger partial charge < -0.3 is 0 Å². The Hall–Kier alpha value is -1.06. The van der Waals surface area contributed by atoms with Crippen LogP contribution in [0, 0.1) is 0 Å². The summed E-state index contributed by atoms with van der Waals surface area (Å²) in [4.78, 5) is 0. The minimum absolute atomic E-state index is 1.05. The second-order valence-electron chi connectivity index (χ2n) is 6.85. The van der Waals surface area contributed by atoms with Gasteiger partial charge in [0.05, 0.1) is 0 Å². The fourth-order valence-electron chi connectivity index (χ4n) is 2.46. The number of unbranched alkanes of at least 4 members (excludes halogenated alkanes) is 6. The number of rotatable bonds is 18. The first-order valence-electron chi connectivity index (χ1n) is 10.8. The van der Waals surface area contributed by atoms with E-state index in [-0.39, 0.29) is 0 Å². The Morgan fingerprint density at radius 3 is 1.12 bits per heavy atom. The highest BCUT2D eigenvalue weighted by Gasteiger charge is 1.99. The first-order chi connectivity index (χ1) is 12.3. The zero-order valence-corrected chi connectivity index (χ0v) is 17.6. The van der Waals surface area contributed by atoms with Crippen LogP contribution in [0.15, 0.2) is 10.2 Å². The van der Waals surface area contributed by atoms with Crippen molar-refractivity contribution < 1.29 is 0 Å². The molecule has 0 unspecified atom stereocenters. The maximum absolute atomic E-state index is 4.67. The van der Waals surface area contributed by atoms with E-state index >= 15 is 0 Å². The highest BCUT2D eigenvalue weighted by Crippen LogP contribution is 2.02. The van der Waals surface area contributed by atoms with Crippen LogP contribution in [0.4, 0.5) is 0 Å². The Bertz CT molecular complexity index is 269. The molecule has 25 heavy (non-hydrogen) atoms. The number of hydrazone groups is 2. The van der Waals surface area contributed by atoms with E-state index in [2.05, 4.69) is 60.3 Å². The average molecular weight is 353 g/mol. The van der Waals surface area contributed by atoms with Crippen LogP contribution in [0.2, 0.25) is 0 Å². The summed E-state index contributed by atoms with van der Waals surface area (Å²) < 4.78 is 0. The highest BCUT2D eigenvalue weighted by molar-refractivity contribution is 5.60. The molecule has 0 bridgehead atoms. The molecule has 0 aromatic heterocycles. The highest BCUT2D eigenvalue weighted by atomic mass is 15.4. The van der Waals surface area contributed by atoms with Gasteiger partial charge in [-0.3, -0.25) is 10.0 Å². The van der Waals surface area contributed by atoms with Crippen LogP contribution >= 0.6 is 0 Å². The molecule has 0 aliphatic rings. The Balaban J connectivity index is 4.00. The second kappa shape index (κ2) is 19.3. The van der Waals surface area contributed by atoms with Gasteiger partial charge in [-0.2, -0.15) is 10.2 Å². The molecule has 0 saturated heterocycles. The first kappa shape index (κ1) is 23.9. The fourth-order valence-corrected chi connectivity index (χ4v) is 2.46. The number of hydrogen-bond acceptors (Lipinski definition) is 4. The van der Waals surface area contributed by atoms with E-state index in [1.807, 2.05) is 0 Å². The molecule has 0 aliphatic carbocycles. The molecule has 4 nitrogen and oxygen atoms in total. The van der Waals surface area contributed by atoms with E-state index in [0.717, 1.165) is 45.4 Å². The normalized spacial score (nSPS) is 11.7. The molecule has 0 rings (SSSR count). The molecular formula is C21H44N4. The van der Waals surface area contributed by atoms with Crippen molar-refractivity contribution in [2.75, 3.05) is 26.2 Å². The first-order valence-corrected chi connectivity index (χ1v) is 10.8. The van der Waals surface area contributed by atoms with Gasteiger partial charge in [0, 0.05) is 38.6 Å². The van der Waals surface area contributed by atoms with Crippen LogP contribution in [0.5, 0.6) is 0 Å². The van der Waals surface area contributed by atoms with Crippen molar-refractivity contribution in [2.45, 2.75) is 98.3 Å². The summed E-state index contributed by atoms with van der Waals surface area (Å²) in [6, 6.07) is 0. The van der Waals surface area contributed by atoms with Crippen molar-refractivity contribution >= 4 is 12.4 Å². The van der Waals surface area contributed by atoms with Gasteiger partial charge in [-0.25, -0.2) is 0 Å². The van der Waals surface area contributed by atoms with E-state index in [4.69, 9.17) is 0 Å². The van der Waals surface area contributed by atoms with Crippen LogP contribution in [0.3, 0.4) is 0 Å². The lowest BCUT2D eigenvalue weighted by Crippen LogP contribution is -2.20. The van der Waals surface area contributed by atoms with Crippen LogP contribution in [0.1, 0.15) is 98.3 Å². The molecule has 0 aromatic rings. The lowest BCUT2D eigenvalue weighted by atomic mass is 10.2. The Kier molecular flexibility index (Phi) is 18.5. The van der Waals surface area contributed by atoms with Crippen molar-refractivity contribution in [3.8, 4) is 0 Å². The molecule has 0 fully saturated rings. The summed E-state index contributed by atoms with van der Waals surface area (Å²) in [5.41, 5.74) is 0. The van der Waals surface area contributed by atoms with Crippen LogP contribution in [0.25, 0.3) is 0 Å². The van der Waals surface area contributed by atoms with E-state index < -0.39 is 0 Å². The molecule has 0 spiro atoms. The van der Waals surface area contributed by atoms with Gasteiger partial charge in [0.25, 0.3) is 0 Å².